The van der Waals surface area contributed by atoms with Gasteiger partial charge in [-0.3, -0.25) is 4.98 Å². The van der Waals surface area contributed by atoms with E-state index >= 15 is 0 Å². The number of hydrogen-bond acceptors (Lipinski definition) is 4. The molecule has 0 aliphatic carbocycles. The van der Waals surface area contributed by atoms with Gasteiger partial charge in [0, 0.05) is 6.20 Å². The lowest BCUT2D eigenvalue weighted by Gasteiger charge is -2.05. The summed E-state index contributed by atoms with van der Waals surface area (Å²) in [4.78, 5) is 8.10. The molecule has 3 aromatic heterocycles. The van der Waals surface area contributed by atoms with Crippen LogP contribution in [0.2, 0.25) is 0 Å². The van der Waals surface area contributed by atoms with Crippen LogP contribution in [0.25, 0.3) is 27.8 Å². The van der Waals surface area contributed by atoms with Gasteiger partial charge in [0.25, 0.3) is 0 Å². The monoisotopic (exact) mass is 265 g/mol. The molecule has 0 radical (unpaired) electrons. The van der Waals surface area contributed by atoms with Crippen molar-refractivity contribution in [3.8, 4) is 5.69 Å². The first-order chi connectivity index (χ1) is 9.83. The summed E-state index contributed by atoms with van der Waals surface area (Å²) in [6, 6.07) is 12.2. The molecule has 4 rings (SSSR count). The van der Waals surface area contributed by atoms with Crippen LogP contribution in [0, 0.1) is 5.95 Å². The predicted molar refractivity (Wildman–Crippen MR) is 71.9 cm³/mol. The lowest BCUT2D eigenvalue weighted by Crippen LogP contribution is -2.00. The molecule has 0 amide bonds. The number of rotatable bonds is 1. The fourth-order valence-electron chi connectivity index (χ4n) is 2.21. The molecule has 4 aromatic rings. The molecule has 20 heavy (non-hydrogen) atoms. The van der Waals surface area contributed by atoms with Gasteiger partial charge in [-0.1, -0.05) is 17.3 Å². The highest BCUT2D eigenvalue weighted by molar-refractivity contribution is 5.85. The SMILES string of the molecule is Fc1ccc2nccc(-n3nnc4ccccc43)c2n1. The van der Waals surface area contributed by atoms with Gasteiger partial charge in [0.2, 0.25) is 5.95 Å². The van der Waals surface area contributed by atoms with Crippen molar-refractivity contribution in [1.29, 1.82) is 0 Å². The molecule has 0 aliphatic rings. The lowest BCUT2D eigenvalue weighted by atomic mass is 10.2. The fourth-order valence-corrected chi connectivity index (χ4v) is 2.21. The highest BCUT2D eigenvalue weighted by Crippen LogP contribution is 2.21. The predicted octanol–water partition coefficient (Wildman–Crippen LogP) is 2.50. The molecule has 0 saturated carbocycles. The van der Waals surface area contributed by atoms with E-state index in [2.05, 4.69) is 20.3 Å². The Labute approximate surface area is 112 Å². The zero-order chi connectivity index (χ0) is 13.5. The van der Waals surface area contributed by atoms with Gasteiger partial charge >= 0.3 is 0 Å². The van der Waals surface area contributed by atoms with Gasteiger partial charge in [-0.05, 0) is 30.3 Å². The number of hydrogen-bond donors (Lipinski definition) is 0. The largest absolute Gasteiger partial charge is 0.254 e. The van der Waals surface area contributed by atoms with Crippen LogP contribution in [0.1, 0.15) is 0 Å². The van der Waals surface area contributed by atoms with Gasteiger partial charge in [-0.25, -0.2) is 9.67 Å². The molecule has 96 valence electrons. The van der Waals surface area contributed by atoms with Gasteiger partial charge in [0.05, 0.1) is 16.7 Å². The molecule has 0 atom stereocenters. The van der Waals surface area contributed by atoms with Gasteiger partial charge in [-0.15, -0.1) is 5.10 Å². The van der Waals surface area contributed by atoms with E-state index < -0.39 is 5.95 Å². The van der Waals surface area contributed by atoms with E-state index in [4.69, 9.17) is 0 Å². The topological polar surface area (TPSA) is 56.5 Å². The first-order valence-corrected chi connectivity index (χ1v) is 6.05. The van der Waals surface area contributed by atoms with E-state index in [-0.39, 0.29) is 0 Å². The van der Waals surface area contributed by atoms with Gasteiger partial charge in [0.1, 0.15) is 11.0 Å². The van der Waals surface area contributed by atoms with E-state index in [1.54, 1.807) is 23.0 Å². The number of aromatic nitrogens is 5. The Morgan fingerprint density at radius 2 is 1.85 bits per heavy atom. The van der Waals surface area contributed by atoms with E-state index in [1.165, 1.54) is 6.07 Å². The van der Waals surface area contributed by atoms with Gasteiger partial charge < -0.3 is 0 Å². The Kier molecular flexibility index (Phi) is 2.23. The molecule has 0 N–H and O–H groups in total. The van der Waals surface area contributed by atoms with Crippen molar-refractivity contribution in [2.75, 3.05) is 0 Å². The molecular weight excluding hydrogens is 257 g/mol. The third-order valence-corrected chi connectivity index (χ3v) is 3.11. The summed E-state index contributed by atoms with van der Waals surface area (Å²) >= 11 is 0. The Bertz CT molecular complexity index is 931. The zero-order valence-corrected chi connectivity index (χ0v) is 10.2. The maximum absolute atomic E-state index is 13.4. The number of benzene rings is 1. The molecule has 0 fully saturated rings. The number of nitrogens with zero attached hydrogens (tertiary/aromatic N) is 5. The third-order valence-electron chi connectivity index (χ3n) is 3.11. The first kappa shape index (κ1) is 11.0. The van der Waals surface area contributed by atoms with Crippen LogP contribution in [0.3, 0.4) is 0 Å². The minimum absolute atomic E-state index is 0.461. The summed E-state index contributed by atoms with van der Waals surface area (Å²) in [6.07, 6.45) is 1.65. The lowest BCUT2D eigenvalue weighted by molar-refractivity contribution is 0.588. The first-order valence-electron chi connectivity index (χ1n) is 6.05. The quantitative estimate of drug-likeness (QED) is 0.496. The summed E-state index contributed by atoms with van der Waals surface area (Å²) in [6.45, 7) is 0. The highest BCUT2D eigenvalue weighted by Gasteiger charge is 2.11. The molecule has 6 heteroatoms. The summed E-state index contributed by atoms with van der Waals surface area (Å²) in [7, 11) is 0. The molecule has 0 spiro atoms. The number of halogens is 1. The van der Waals surface area contributed by atoms with Crippen LogP contribution in [0.4, 0.5) is 4.39 Å². The molecule has 0 bridgehead atoms. The maximum atomic E-state index is 13.4. The molecular formula is C14H8FN5. The fraction of sp³-hybridized carbons (Fsp3) is 0. The summed E-state index contributed by atoms with van der Waals surface area (Å²) in [5.74, 6) is -0.545. The van der Waals surface area contributed by atoms with E-state index in [0.717, 1.165) is 11.0 Å². The zero-order valence-electron chi connectivity index (χ0n) is 10.2. The standard InChI is InChI=1S/C14H8FN5/c15-13-6-5-10-14(17-13)12(7-8-16-10)20-11-4-2-1-3-9(11)18-19-20/h1-8H. The van der Waals surface area contributed by atoms with E-state index in [0.29, 0.717) is 16.7 Å². The third kappa shape index (κ3) is 1.55. The van der Waals surface area contributed by atoms with Crippen LogP contribution in [0.15, 0.2) is 48.7 Å². The second-order valence-electron chi connectivity index (χ2n) is 4.32. The summed E-state index contributed by atoms with van der Waals surface area (Å²) in [5, 5.41) is 8.22. The van der Waals surface area contributed by atoms with Crippen molar-refractivity contribution in [3.63, 3.8) is 0 Å². The van der Waals surface area contributed by atoms with Crippen LogP contribution < -0.4 is 0 Å². The Balaban J connectivity index is 2.09. The molecule has 0 aliphatic heterocycles. The van der Waals surface area contributed by atoms with Gasteiger partial charge in [-0.2, -0.15) is 4.39 Å². The van der Waals surface area contributed by atoms with Crippen molar-refractivity contribution < 1.29 is 4.39 Å². The van der Waals surface area contributed by atoms with Crippen molar-refractivity contribution in [3.05, 3.63) is 54.6 Å². The average Bonchev–Trinajstić information content (AvgIpc) is 2.90. The second kappa shape index (κ2) is 4.06. The Morgan fingerprint density at radius 1 is 0.950 bits per heavy atom. The maximum Gasteiger partial charge on any atom is 0.213 e. The number of pyridine rings is 2. The molecule has 1 aromatic carbocycles. The van der Waals surface area contributed by atoms with Crippen molar-refractivity contribution in [2.24, 2.45) is 0 Å². The average molecular weight is 265 g/mol. The Hall–Kier alpha value is -2.89. The summed E-state index contributed by atoms with van der Waals surface area (Å²) < 4.78 is 15.0. The molecule has 0 unspecified atom stereocenters. The summed E-state index contributed by atoms with van der Waals surface area (Å²) in [5.41, 5.74) is 3.34. The van der Waals surface area contributed by atoms with Crippen LogP contribution >= 0.6 is 0 Å². The number of para-hydroxylation sites is 1. The van der Waals surface area contributed by atoms with Crippen molar-refractivity contribution >= 4 is 22.1 Å². The normalized spacial score (nSPS) is 11.2. The highest BCUT2D eigenvalue weighted by atomic mass is 19.1. The van der Waals surface area contributed by atoms with Crippen LogP contribution in [-0.2, 0) is 0 Å². The molecule has 3 heterocycles. The minimum atomic E-state index is -0.545. The van der Waals surface area contributed by atoms with Gasteiger partial charge in [0.15, 0.2) is 0 Å². The second-order valence-corrected chi connectivity index (χ2v) is 4.32. The smallest absolute Gasteiger partial charge is 0.213 e. The number of fused-ring (bicyclic) bond motifs is 2. The van der Waals surface area contributed by atoms with Crippen molar-refractivity contribution in [1.82, 2.24) is 25.0 Å². The van der Waals surface area contributed by atoms with Crippen LogP contribution in [-0.4, -0.2) is 25.0 Å². The Morgan fingerprint density at radius 3 is 2.80 bits per heavy atom. The molecule has 0 saturated heterocycles. The van der Waals surface area contributed by atoms with Crippen molar-refractivity contribution in [2.45, 2.75) is 0 Å². The van der Waals surface area contributed by atoms with E-state index in [9.17, 15) is 4.39 Å². The van der Waals surface area contributed by atoms with Crippen LogP contribution in [0.5, 0.6) is 0 Å². The minimum Gasteiger partial charge on any atom is -0.254 e. The molecule has 5 nitrogen and oxygen atoms in total. The van der Waals surface area contributed by atoms with E-state index in [1.807, 2.05) is 24.3 Å².